The molecule has 8 nitrogen and oxygen atoms in total. The molecule has 0 aliphatic carbocycles. The summed E-state index contributed by atoms with van der Waals surface area (Å²) in [5, 5.41) is 3.15. The Balaban J connectivity index is 1.60. The molecule has 0 unspecified atom stereocenters. The maximum absolute atomic E-state index is 12.4. The van der Waals surface area contributed by atoms with Gasteiger partial charge < -0.3 is 19.6 Å². The monoisotopic (exact) mass is 368 g/mol. The fraction of sp³-hybridized carbons (Fsp3) is 0.263. The van der Waals surface area contributed by atoms with E-state index in [0.717, 1.165) is 0 Å². The van der Waals surface area contributed by atoms with Gasteiger partial charge in [0.2, 0.25) is 5.91 Å². The number of rotatable bonds is 7. The SMILES string of the molecule is CCN(Cc1nc2ccccc2c(=O)[nH]1)C(=O)CCNC(=O)c1ccco1. The third kappa shape index (κ3) is 4.41. The predicted octanol–water partition coefficient (Wildman–Crippen LogP) is 1.68. The van der Waals surface area contributed by atoms with E-state index in [-0.39, 0.29) is 42.6 Å². The average Bonchev–Trinajstić information content (AvgIpc) is 3.21. The summed E-state index contributed by atoms with van der Waals surface area (Å²) in [5.41, 5.74) is 0.357. The van der Waals surface area contributed by atoms with E-state index in [0.29, 0.717) is 23.3 Å². The first kappa shape index (κ1) is 18.4. The van der Waals surface area contributed by atoms with Crippen LogP contribution in [-0.2, 0) is 11.3 Å². The lowest BCUT2D eigenvalue weighted by Gasteiger charge is -2.20. The molecule has 0 aliphatic rings. The number of nitrogens with zero attached hydrogens (tertiary/aromatic N) is 2. The summed E-state index contributed by atoms with van der Waals surface area (Å²) in [6.45, 7) is 2.69. The fourth-order valence-electron chi connectivity index (χ4n) is 2.70. The fourth-order valence-corrected chi connectivity index (χ4v) is 2.70. The Morgan fingerprint density at radius 1 is 1.22 bits per heavy atom. The standard InChI is InChI=1S/C19H20N4O4/c1-2-23(17(24)9-10-20-19(26)15-8-5-11-27-15)12-16-21-14-7-4-3-6-13(14)18(25)22-16/h3-8,11H,2,9-10,12H2,1H3,(H,20,26)(H,21,22,25). The number of hydrogen-bond donors (Lipinski definition) is 2. The molecule has 8 heteroatoms. The highest BCUT2D eigenvalue weighted by Gasteiger charge is 2.15. The van der Waals surface area contributed by atoms with Gasteiger partial charge in [-0.25, -0.2) is 4.98 Å². The van der Waals surface area contributed by atoms with Crippen LogP contribution in [0, 0.1) is 0 Å². The van der Waals surface area contributed by atoms with Gasteiger partial charge in [0.15, 0.2) is 5.76 Å². The first-order chi connectivity index (χ1) is 13.1. The number of H-pyrrole nitrogens is 1. The van der Waals surface area contributed by atoms with Gasteiger partial charge in [-0.05, 0) is 31.2 Å². The number of amides is 2. The lowest BCUT2D eigenvalue weighted by Crippen LogP contribution is -2.35. The van der Waals surface area contributed by atoms with Crippen LogP contribution in [0.5, 0.6) is 0 Å². The molecule has 2 N–H and O–H groups in total. The van der Waals surface area contributed by atoms with Crippen LogP contribution in [0.15, 0.2) is 51.9 Å². The highest BCUT2D eigenvalue weighted by atomic mass is 16.3. The Labute approximate surface area is 155 Å². The van der Waals surface area contributed by atoms with Crippen LogP contribution in [0.3, 0.4) is 0 Å². The van der Waals surface area contributed by atoms with Gasteiger partial charge in [0, 0.05) is 19.5 Å². The molecule has 0 aliphatic heterocycles. The van der Waals surface area contributed by atoms with Crippen LogP contribution < -0.4 is 10.9 Å². The van der Waals surface area contributed by atoms with Gasteiger partial charge >= 0.3 is 0 Å². The smallest absolute Gasteiger partial charge is 0.286 e. The number of hydrogen-bond acceptors (Lipinski definition) is 5. The highest BCUT2D eigenvalue weighted by molar-refractivity contribution is 5.91. The summed E-state index contributed by atoms with van der Waals surface area (Å²) in [7, 11) is 0. The Morgan fingerprint density at radius 2 is 2.04 bits per heavy atom. The summed E-state index contributed by atoms with van der Waals surface area (Å²) in [5.74, 6) is 0.116. The third-order valence-corrected chi connectivity index (χ3v) is 4.11. The summed E-state index contributed by atoms with van der Waals surface area (Å²) in [6.07, 6.45) is 1.55. The van der Waals surface area contributed by atoms with Gasteiger partial charge in [0.05, 0.1) is 23.7 Å². The number of aromatic amines is 1. The van der Waals surface area contributed by atoms with Crippen LogP contribution >= 0.6 is 0 Å². The van der Waals surface area contributed by atoms with Gasteiger partial charge in [0.25, 0.3) is 11.5 Å². The summed E-state index contributed by atoms with van der Waals surface area (Å²) >= 11 is 0. The van der Waals surface area contributed by atoms with Crippen LogP contribution in [-0.4, -0.2) is 39.8 Å². The zero-order valence-corrected chi connectivity index (χ0v) is 14.9. The molecule has 140 valence electrons. The third-order valence-electron chi connectivity index (χ3n) is 4.11. The lowest BCUT2D eigenvalue weighted by atomic mass is 10.2. The molecule has 0 spiro atoms. The second-order valence-electron chi connectivity index (χ2n) is 5.92. The number of aromatic nitrogens is 2. The van der Waals surface area contributed by atoms with E-state index in [4.69, 9.17) is 4.42 Å². The Hall–Kier alpha value is -3.42. The van der Waals surface area contributed by atoms with Gasteiger partial charge in [-0.1, -0.05) is 12.1 Å². The number of benzene rings is 1. The van der Waals surface area contributed by atoms with Crippen LogP contribution in [0.25, 0.3) is 10.9 Å². The largest absolute Gasteiger partial charge is 0.459 e. The van der Waals surface area contributed by atoms with Crippen molar-refractivity contribution in [2.75, 3.05) is 13.1 Å². The van der Waals surface area contributed by atoms with Crippen LogP contribution in [0.2, 0.25) is 0 Å². The van der Waals surface area contributed by atoms with Crippen molar-refractivity contribution >= 4 is 22.7 Å². The van der Waals surface area contributed by atoms with Crippen molar-refractivity contribution in [1.29, 1.82) is 0 Å². The molecule has 0 fully saturated rings. The van der Waals surface area contributed by atoms with Gasteiger partial charge in [-0.3, -0.25) is 14.4 Å². The molecule has 0 bridgehead atoms. The molecule has 27 heavy (non-hydrogen) atoms. The van der Waals surface area contributed by atoms with Gasteiger partial charge in [-0.2, -0.15) is 0 Å². The summed E-state index contributed by atoms with van der Waals surface area (Å²) in [6, 6.07) is 10.2. The maximum Gasteiger partial charge on any atom is 0.286 e. The van der Waals surface area contributed by atoms with Crippen LogP contribution in [0.4, 0.5) is 0 Å². The van der Waals surface area contributed by atoms with E-state index in [1.54, 1.807) is 35.2 Å². The maximum atomic E-state index is 12.4. The van der Waals surface area contributed by atoms with Crippen molar-refractivity contribution in [2.45, 2.75) is 19.9 Å². The molecule has 1 aromatic carbocycles. The second-order valence-corrected chi connectivity index (χ2v) is 5.92. The van der Waals surface area contributed by atoms with E-state index in [1.807, 2.05) is 13.0 Å². The second kappa shape index (κ2) is 8.31. The molecule has 3 aromatic rings. The number of carbonyl (C=O) groups excluding carboxylic acids is 2. The van der Waals surface area contributed by atoms with Crippen molar-refractivity contribution in [1.82, 2.24) is 20.2 Å². The first-order valence-electron chi connectivity index (χ1n) is 8.66. The van der Waals surface area contributed by atoms with E-state index in [9.17, 15) is 14.4 Å². The van der Waals surface area contributed by atoms with E-state index in [1.165, 1.54) is 6.26 Å². The van der Waals surface area contributed by atoms with E-state index in [2.05, 4.69) is 15.3 Å². The highest BCUT2D eigenvalue weighted by Crippen LogP contribution is 2.08. The van der Waals surface area contributed by atoms with E-state index >= 15 is 0 Å². The quantitative estimate of drug-likeness (QED) is 0.660. The summed E-state index contributed by atoms with van der Waals surface area (Å²) in [4.78, 5) is 45.1. The van der Waals surface area contributed by atoms with Gasteiger partial charge in [-0.15, -0.1) is 0 Å². The molecule has 3 rings (SSSR count). The number of fused-ring (bicyclic) bond motifs is 1. The van der Waals surface area contributed by atoms with Crippen molar-refractivity contribution in [3.05, 3.63) is 64.6 Å². The van der Waals surface area contributed by atoms with E-state index < -0.39 is 0 Å². The first-order valence-corrected chi connectivity index (χ1v) is 8.66. The molecule has 0 saturated carbocycles. The van der Waals surface area contributed by atoms with Crippen molar-refractivity contribution in [2.24, 2.45) is 0 Å². The number of furan rings is 1. The van der Waals surface area contributed by atoms with Crippen molar-refractivity contribution in [3.8, 4) is 0 Å². The molecular formula is C19H20N4O4. The summed E-state index contributed by atoms with van der Waals surface area (Å²) < 4.78 is 5.00. The minimum atomic E-state index is -0.364. The molecule has 2 amide bonds. The Kier molecular flexibility index (Phi) is 5.65. The number of nitrogens with one attached hydrogen (secondary N) is 2. The zero-order chi connectivity index (χ0) is 19.2. The normalized spacial score (nSPS) is 10.7. The number of carbonyl (C=O) groups is 2. The molecule has 2 heterocycles. The van der Waals surface area contributed by atoms with Crippen molar-refractivity contribution in [3.63, 3.8) is 0 Å². The minimum Gasteiger partial charge on any atom is -0.459 e. The number of para-hydroxylation sites is 1. The molecule has 0 radical (unpaired) electrons. The molecule has 2 aromatic heterocycles. The van der Waals surface area contributed by atoms with Crippen LogP contribution in [0.1, 0.15) is 29.7 Å². The molecule has 0 atom stereocenters. The topological polar surface area (TPSA) is 108 Å². The van der Waals surface area contributed by atoms with Gasteiger partial charge in [0.1, 0.15) is 5.82 Å². The predicted molar refractivity (Wildman–Crippen MR) is 99.1 cm³/mol. The average molecular weight is 368 g/mol. The Bertz CT molecular complexity index is 994. The van der Waals surface area contributed by atoms with Crippen molar-refractivity contribution < 1.29 is 14.0 Å². The molecular weight excluding hydrogens is 348 g/mol. The lowest BCUT2D eigenvalue weighted by molar-refractivity contribution is -0.131. The minimum absolute atomic E-state index is 0.137. The molecule has 0 saturated heterocycles. The Morgan fingerprint density at radius 3 is 2.78 bits per heavy atom. The zero-order valence-electron chi connectivity index (χ0n) is 14.9.